The first-order valence-electron chi connectivity index (χ1n) is 7.75. The molecule has 0 saturated heterocycles. The number of hydrogen-bond acceptors (Lipinski definition) is 4. The molecule has 7 heteroatoms. The molecule has 1 atom stereocenters. The van der Waals surface area contributed by atoms with Crippen LogP contribution in [0.1, 0.15) is 22.0 Å². The molecule has 0 unspecified atom stereocenters. The topological polar surface area (TPSA) is 50.8 Å². The second-order valence-corrected chi connectivity index (χ2v) is 6.34. The molecule has 1 N–H and O–H groups in total. The Morgan fingerprint density at radius 2 is 2.12 bits per heavy atom. The monoisotopic (exact) mass is 364 g/mol. The van der Waals surface area contributed by atoms with Gasteiger partial charge in [0.15, 0.2) is 11.5 Å². The summed E-state index contributed by atoms with van der Waals surface area (Å²) in [5, 5.41) is 3.19. The van der Waals surface area contributed by atoms with Gasteiger partial charge in [-0.2, -0.15) is 0 Å². The summed E-state index contributed by atoms with van der Waals surface area (Å²) < 4.78 is 24.0. The summed E-state index contributed by atoms with van der Waals surface area (Å²) in [6.07, 6.45) is 0. The second kappa shape index (κ2) is 7.29. The van der Waals surface area contributed by atoms with Crippen LogP contribution in [-0.2, 0) is 0 Å². The van der Waals surface area contributed by atoms with Gasteiger partial charge in [-0.3, -0.25) is 4.79 Å². The summed E-state index contributed by atoms with van der Waals surface area (Å²) in [5.41, 5.74) is 1.17. The zero-order valence-electron chi connectivity index (χ0n) is 13.9. The van der Waals surface area contributed by atoms with Crippen molar-refractivity contribution in [1.29, 1.82) is 0 Å². The molecule has 0 bridgehead atoms. The molecule has 0 aliphatic carbocycles. The number of fused-ring (bicyclic) bond motifs is 1. The maximum atomic E-state index is 13.5. The molecule has 2 aromatic carbocycles. The van der Waals surface area contributed by atoms with Crippen molar-refractivity contribution in [3.63, 3.8) is 0 Å². The van der Waals surface area contributed by atoms with Crippen molar-refractivity contribution >= 4 is 17.5 Å². The molecule has 2 aromatic rings. The highest BCUT2D eigenvalue weighted by molar-refractivity contribution is 6.32. The molecule has 1 aliphatic heterocycles. The normalized spacial score (nSPS) is 13.8. The number of amides is 1. The van der Waals surface area contributed by atoms with E-state index < -0.39 is 0 Å². The van der Waals surface area contributed by atoms with Crippen molar-refractivity contribution in [1.82, 2.24) is 10.2 Å². The van der Waals surface area contributed by atoms with Crippen LogP contribution in [0, 0.1) is 5.82 Å². The molecule has 0 fully saturated rings. The lowest BCUT2D eigenvalue weighted by Gasteiger charge is -2.25. The fourth-order valence-corrected chi connectivity index (χ4v) is 2.97. The number of rotatable bonds is 5. The van der Waals surface area contributed by atoms with Crippen LogP contribution >= 0.6 is 11.6 Å². The summed E-state index contributed by atoms with van der Waals surface area (Å²) in [7, 11) is 3.75. The van der Waals surface area contributed by atoms with Crippen molar-refractivity contribution in [2.45, 2.75) is 6.04 Å². The fourth-order valence-electron chi connectivity index (χ4n) is 2.70. The summed E-state index contributed by atoms with van der Waals surface area (Å²) in [5.74, 6) is 0.303. The quantitative estimate of drug-likeness (QED) is 0.885. The highest BCUT2D eigenvalue weighted by Gasteiger charge is 2.22. The molecule has 0 spiro atoms. The number of nitrogens with zero attached hydrogens (tertiary/aromatic N) is 1. The third kappa shape index (κ3) is 3.86. The van der Waals surface area contributed by atoms with Crippen LogP contribution < -0.4 is 14.8 Å². The summed E-state index contributed by atoms with van der Waals surface area (Å²) in [6.45, 7) is 0.406. The number of halogens is 2. The highest BCUT2D eigenvalue weighted by Crippen LogP contribution is 2.39. The van der Waals surface area contributed by atoms with E-state index in [9.17, 15) is 9.18 Å². The van der Waals surface area contributed by atoms with Gasteiger partial charge in [0.1, 0.15) is 5.82 Å². The average molecular weight is 365 g/mol. The Bertz CT molecular complexity index is 798. The molecule has 0 saturated carbocycles. The first-order valence-corrected chi connectivity index (χ1v) is 8.12. The number of carbonyl (C=O) groups is 1. The SMILES string of the molecule is CN(C)[C@H](CNC(=O)c1cc(Cl)c2c(c1)OCO2)c1cccc(F)c1. The first kappa shape index (κ1) is 17.5. The van der Waals surface area contributed by atoms with Crippen LogP contribution in [0.4, 0.5) is 4.39 Å². The lowest BCUT2D eigenvalue weighted by Crippen LogP contribution is -2.34. The third-order valence-electron chi connectivity index (χ3n) is 4.00. The molecule has 1 heterocycles. The lowest BCUT2D eigenvalue weighted by atomic mass is 10.1. The smallest absolute Gasteiger partial charge is 0.251 e. The molecule has 1 amide bonds. The van der Waals surface area contributed by atoms with E-state index in [-0.39, 0.29) is 24.6 Å². The first-order chi connectivity index (χ1) is 12.0. The van der Waals surface area contributed by atoms with Gasteiger partial charge in [0, 0.05) is 12.1 Å². The average Bonchev–Trinajstić information content (AvgIpc) is 3.03. The maximum Gasteiger partial charge on any atom is 0.251 e. The molecule has 1 aliphatic rings. The van der Waals surface area contributed by atoms with Crippen LogP contribution in [0.15, 0.2) is 36.4 Å². The Morgan fingerprint density at radius 3 is 2.84 bits per heavy atom. The largest absolute Gasteiger partial charge is 0.454 e. The van der Waals surface area contributed by atoms with Gasteiger partial charge in [0.2, 0.25) is 6.79 Å². The molecule has 0 radical (unpaired) electrons. The van der Waals surface area contributed by atoms with E-state index in [0.717, 1.165) is 5.56 Å². The number of carbonyl (C=O) groups excluding carboxylic acids is 1. The molecule has 5 nitrogen and oxygen atoms in total. The van der Waals surface area contributed by atoms with Crippen LogP contribution in [0.3, 0.4) is 0 Å². The predicted molar refractivity (Wildman–Crippen MR) is 92.7 cm³/mol. The Morgan fingerprint density at radius 1 is 1.32 bits per heavy atom. The van der Waals surface area contributed by atoms with Gasteiger partial charge in [-0.25, -0.2) is 4.39 Å². The van der Waals surface area contributed by atoms with Gasteiger partial charge in [0.05, 0.1) is 11.1 Å². The minimum absolute atomic E-state index is 0.0857. The predicted octanol–water partition coefficient (Wildman–Crippen LogP) is 3.24. The minimum Gasteiger partial charge on any atom is -0.454 e. The van der Waals surface area contributed by atoms with E-state index in [1.165, 1.54) is 18.2 Å². The Labute approximate surface area is 150 Å². The number of hydrogen-bond donors (Lipinski definition) is 1. The molecule has 0 aromatic heterocycles. The van der Waals surface area contributed by atoms with Crippen LogP contribution in [-0.4, -0.2) is 38.2 Å². The van der Waals surface area contributed by atoms with Gasteiger partial charge in [-0.05, 0) is 43.9 Å². The van der Waals surface area contributed by atoms with Gasteiger partial charge in [0.25, 0.3) is 5.91 Å². The lowest BCUT2D eigenvalue weighted by molar-refractivity contribution is 0.0941. The van der Waals surface area contributed by atoms with Crippen molar-refractivity contribution in [3.8, 4) is 11.5 Å². The highest BCUT2D eigenvalue weighted by atomic mass is 35.5. The van der Waals surface area contributed by atoms with Gasteiger partial charge in [-0.15, -0.1) is 0 Å². The summed E-state index contributed by atoms with van der Waals surface area (Å²) in [4.78, 5) is 14.4. The van der Waals surface area contributed by atoms with Crippen LogP contribution in [0.2, 0.25) is 5.02 Å². The molecular weight excluding hydrogens is 347 g/mol. The maximum absolute atomic E-state index is 13.5. The van der Waals surface area contributed by atoms with Crippen molar-refractivity contribution in [2.24, 2.45) is 0 Å². The number of ether oxygens (including phenoxy) is 2. The third-order valence-corrected chi connectivity index (χ3v) is 4.28. The van der Waals surface area contributed by atoms with Crippen LogP contribution in [0.5, 0.6) is 11.5 Å². The zero-order chi connectivity index (χ0) is 18.0. The Balaban J connectivity index is 1.73. The van der Waals surface area contributed by atoms with Crippen molar-refractivity contribution in [2.75, 3.05) is 27.4 Å². The van der Waals surface area contributed by atoms with E-state index in [4.69, 9.17) is 21.1 Å². The molecular formula is C18H18ClFN2O3. The minimum atomic E-state index is -0.307. The second-order valence-electron chi connectivity index (χ2n) is 5.94. The van der Waals surface area contributed by atoms with E-state index in [0.29, 0.717) is 28.6 Å². The number of nitrogens with one attached hydrogen (secondary N) is 1. The van der Waals surface area contributed by atoms with Gasteiger partial charge < -0.3 is 19.7 Å². The molecule has 132 valence electrons. The van der Waals surface area contributed by atoms with E-state index in [2.05, 4.69) is 5.32 Å². The zero-order valence-corrected chi connectivity index (χ0v) is 14.6. The standard InChI is InChI=1S/C18H18ClFN2O3/c1-22(2)15(11-4-3-5-13(20)6-11)9-21-18(23)12-7-14(19)17-16(8-12)24-10-25-17/h3-8,15H,9-10H2,1-2H3,(H,21,23)/t15-/m1/s1. The Kier molecular flexibility index (Phi) is 5.11. The van der Waals surface area contributed by atoms with Crippen molar-refractivity contribution < 1.29 is 18.7 Å². The summed E-state index contributed by atoms with van der Waals surface area (Å²) >= 11 is 6.11. The van der Waals surface area contributed by atoms with Crippen LogP contribution in [0.25, 0.3) is 0 Å². The van der Waals surface area contributed by atoms with E-state index >= 15 is 0 Å². The fraction of sp³-hybridized carbons (Fsp3) is 0.278. The van der Waals surface area contributed by atoms with E-state index in [1.54, 1.807) is 12.1 Å². The molecule has 25 heavy (non-hydrogen) atoms. The Hall–Kier alpha value is -2.31. The van der Waals surface area contributed by atoms with Gasteiger partial charge in [-0.1, -0.05) is 23.7 Å². The number of benzene rings is 2. The van der Waals surface area contributed by atoms with Crippen molar-refractivity contribution in [3.05, 3.63) is 58.4 Å². The molecule has 3 rings (SSSR count). The summed E-state index contributed by atoms with van der Waals surface area (Å²) in [6, 6.07) is 9.31. The van der Waals surface area contributed by atoms with E-state index in [1.807, 2.05) is 25.1 Å². The number of likely N-dealkylation sites (N-methyl/N-ethyl adjacent to an activating group) is 1. The van der Waals surface area contributed by atoms with Gasteiger partial charge >= 0.3 is 0 Å².